The Bertz CT molecular complexity index is 677. The van der Waals surface area contributed by atoms with Gasteiger partial charge < -0.3 is 15.4 Å². The third-order valence-electron chi connectivity index (χ3n) is 3.28. The molecule has 0 saturated heterocycles. The van der Waals surface area contributed by atoms with Gasteiger partial charge >= 0.3 is 6.03 Å². The number of rotatable bonds is 8. The number of para-hydroxylation sites is 2. The average molecular weight is 346 g/mol. The molecule has 2 rings (SSSR count). The van der Waals surface area contributed by atoms with Gasteiger partial charge in [-0.25, -0.2) is 4.79 Å². The Morgan fingerprint density at radius 2 is 1.75 bits per heavy atom. The molecular weight excluding hydrogens is 324 g/mol. The molecule has 128 valence electrons. The number of carbonyl (C=O) groups is 1. The topological polar surface area (TPSA) is 67.4 Å². The molecule has 0 aliphatic rings. The smallest absolute Gasteiger partial charge is 0.315 e. The summed E-state index contributed by atoms with van der Waals surface area (Å²) < 4.78 is 16.8. The SMILES string of the molecule is C[S@](=O)CCCNC(=O)NCc1ccccc1Oc1ccccc1. The lowest BCUT2D eigenvalue weighted by atomic mass is 10.2. The molecule has 0 heterocycles. The number of nitrogens with one attached hydrogen (secondary N) is 2. The molecule has 2 amide bonds. The van der Waals surface area contributed by atoms with Crippen LogP contribution in [-0.2, 0) is 17.3 Å². The lowest BCUT2D eigenvalue weighted by molar-refractivity contribution is 0.240. The maximum Gasteiger partial charge on any atom is 0.315 e. The summed E-state index contributed by atoms with van der Waals surface area (Å²) in [4.78, 5) is 11.8. The molecule has 0 unspecified atom stereocenters. The molecule has 0 bridgehead atoms. The molecule has 2 aromatic rings. The highest BCUT2D eigenvalue weighted by Crippen LogP contribution is 2.24. The molecule has 1 atom stereocenters. The average Bonchev–Trinajstić information content (AvgIpc) is 2.59. The maximum absolute atomic E-state index is 11.8. The van der Waals surface area contributed by atoms with E-state index in [0.717, 1.165) is 11.3 Å². The molecule has 2 N–H and O–H groups in total. The lowest BCUT2D eigenvalue weighted by Crippen LogP contribution is -2.36. The predicted molar refractivity (Wildman–Crippen MR) is 96.7 cm³/mol. The van der Waals surface area contributed by atoms with Gasteiger partial charge in [0.1, 0.15) is 11.5 Å². The van der Waals surface area contributed by atoms with Crippen LogP contribution >= 0.6 is 0 Å². The molecule has 0 saturated carbocycles. The molecule has 24 heavy (non-hydrogen) atoms. The van der Waals surface area contributed by atoms with Gasteiger partial charge in [0.25, 0.3) is 0 Å². The molecule has 6 heteroatoms. The van der Waals surface area contributed by atoms with E-state index in [1.807, 2.05) is 54.6 Å². The van der Waals surface area contributed by atoms with Gasteiger partial charge in [-0.05, 0) is 24.6 Å². The van der Waals surface area contributed by atoms with Crippen LogP contribution in [0.3, 0.4) is 0 Å². The van der Waals surface area contributed by atoms with E-state index >= 15 is 0 Å². The third kappa shape index (κ3) is 6.42. The van der Waals surface area contributed by atoms with Crippen LogP contribution in [0.4, 0.5) is 4.79 Å². The van der Waals surface area contributed by atoms with Gasteiger partial charge in [0.05, 0.1) is 0 Å². The summed E-state index contributed by atoms with van der Waals surface area (Å²) in [5, 5.41) is 5.56. The van der Waals surface area contributed by atoms with E-state index in [1.165, 1.54) is 0 Å². The van der Waals surface area contributed by atoms with Crippen molar-refractivity contribution in [3.8, 4) is 11.5 Å². The highest BCUT2D eigenvalue weighted by molar-refractivity contribution is 7.84. The van der Waals surface area contributed by atoms with Crippen LogP contribution in [0.1, 0.15) is 12.0 Å². The Hall–Kier alpha value is -2.34. The highest BCUT2D eigenvalue weighted by atomic mass is 32.2. The van der Waals surface area contributed by atoms with Gasteiger partial charge in [-0.3, -0.25) is 4.21 Å². The quantitative estimate of drug-likeness (QED) is 0.722. The predicted octanol–water partition coefficient (Wildman–Crippen LogP) is 3.05. The first kappa shape index (κ1) is 18.0. The van der Waals surface area contributed by atoms with Gasteiger partial charge in [0.15, 0.2) is 0 Å². The molecule has 2 aromatic carbocycles. The fraction of sp³-hybridized carbons (Fsp3) is 0.278. The standard InChI is InChI=1S/C18H22N2O3S/c1-24(22)13-7-12-19-18(21)20-14-15-8-5-6-11-17(15)23-16-9-3-2-4-10-16/h2-6,8-11H,7,12-14H2,1H3,(H2,19,20,21)/t24-/m0/s1. The summed E-state index contributed by atoms with van der Waals surface area (Å²) >= 11 is 0. The van der Waals surface area contributed by atoms with E-state index in [4.69, 9.17) is 4.74 Å². The number of carbonyl (C=O) groups excluding carboxylic acids is 1. The monoisotopic (exact) mass is 346 g/mol. The number of urea groups is 1. The van der Waals surface area contributed by atoms with Crippen molar-refractivity contribution in [3.05, 3.63) is 60.2 Å². The van der Waals surface area contributed by atoms with Crippen LogP contribution in [0.2, 0.25) is 0 Å². The zero-order valence-corrected chi connectivity index (χ0v) is 14.5. The van der Waals surface area contributed by atoms with Crippen molar-refractivity contribution in [2.24, 2.45) is 0 Å². The summed E-state index contributed by atoms with van der Waals surface area (Å²) in [7, 11) is -0.825. The Kier molecular flexibility index (Phi) is 7.29. The molecule has 0 fully saturated rings. The number of hydrogen-bond donors (Lipinski definition) is 2. The Balaban J connectivity index is 1.84. The minimum absolute atomic E-state index is 0.244. The summed E-state index contributed by atoms with van der Waals surface area (Å²) in [6.07, 6.45) is 2.36. The maximum atomic E-state index is 11.8. The van der Waals surface area contributed by atoms with Crippen molar-refractivity contribution in [1.29, 1.82) is 0 Å². The van der Waals surface area contributed by atoms with Gasteiger partial charge in [-0.1, -0.05) is 36.4 Å². The van der Waals surface area contributed by atoms with Crippen LogP contribution in [-0.4, -0.2) is 28.8 Å². The summed E-state index contributed by atoms with van der Waals surface area (Å²) in [5.74, 6) is 2.06. The molecule has 0 spiro atoms. The zero-order chi connectivity index (χ0) is 17.2. The van der Waals surface area contributed by atoms with Gasteiger partial charge in [-0.15, -0.1) is 0 Å². The van der Waals surface area contributed by atoms with Crippen LogP contribution in [0.15, 0.2) is 54.6 Å². The van der Waals surface area contributed by atoms with Gasteiger partial charge in [0.2, 0.25) is 0 Å². The molecule has 0 aliphatic heterocycles. The first-order valence-corrected chi connectivity index (χ1v) is 9.50. The second kappa shape index (κ2) is 9.72. The Labute approximate surface area is 144 Å². The fourth-order valence-electron chi connectivity index (χ4n) is 2.08. The largest absolute Gasteiger partial charge is 0.457 e. The van der Waals surface area contributed by atoms with Crippen LogP contribution in [0.25, 0.3) is 0 Å². The van der Waals surface area contributed by atoms with Crippen molar-refractivity contribution in [2.45, 2.75) is 13.0 Å². The van der Waals surface area contributed by atoms with Crippen LogP contribution in [0.5, 0.6) is 11.5 Å². The van der Waals surface area contributed by atoms with Crippen molar-refractivity contribution in [2.75, 3.05) is 18.6 Å². The van der Waals surface area contributed by atoms with E-state index < -0.39 is 10.8 Å². The minimum atomic E-state index is -0.825. The first-order valence-electron chi connectivity index (χ1n) is 7.77. The summed E-state index contributed by atoms with van der Waals surface area (Å²) in [5.41, 5.74) is 0.895. The Morgan fingerprint density at radius 3 is 2.50 bits per heavy atom. The first-order chi connectivity index (χ1) is 11.6. The highest BCUT2D eigenvalue weighted by Gasteiger charge is 2.06. The second-order valence-corrected chi connectivity index (χ2v) is 6.82. The van der Waals surface area contributed by atoms with Crippen molar-refractivity contribution in [1.82, 2.24) is 10.6 Å². The normalized spacial score (nSPS) is 11.5. The van der Waals surface area contributed by atoms with Gasteiger partial charge in [0, 0.05) is 41.5 Å². The van der Waals surface area contributed by atoms with E-state index in [1.54, 1.807) is 6.26 Å². The fourth-order valence-corrected chi connectivity index (χ4v) is 2.63. The van der Waals surface area contributed by atoms with E-state index in [-0.39, 0.29) is 6.03 Å². The number of hydrogen-bond acceptors (Lipinski definition) is 3. The van der Waals surface area contributed by atoms with Crippen molar-refractivity contribution >= 4 is 16.8 Å². The Morgan fingerprint density at radius 1 is 1.04 bits per heavy atom. The number of benzene rings is 2. The minimum Gasteiger partial charge on any atom is -0.457 e. The van der Waals surface area contributed by atoms with E-state index in [2.05, 4.69) is 10.6 Å². The molecular formula is C18H22N2O3S. The van der Waals surface area contributed by atoms with Crippen molar-refractivity contribution in [3.63, 3.8) is 0 Å². The van der Waals surface area contributed by atoms with E-state index in [9.17, 15) is 9.00 Å². The number of ether oxygens (including phenoxy) is 1. The second-order valence-electron chi connectivity index (χ2n) is 5.26. The molecule has 5 nitrogen and oxygen atoms in total. The zero-order valence-electron chi connectivity index (χ0n) is 13.7. The molecule has 0 radical (unpaired) electrons. The number of amides is 2. The van der Waals surface area contributed by atoms with Gasteiger partial charge in [-0.2, -0.15) is 0 Å². The summed E-state index contributed by atoms with van der Waals surface area (Å²) in [6, 6.07) is 16.9. The van der Waals surface area contributed by atoms with E-state index in [0.29, 0.717) is 31.0 Å². The van der Waals surface area contributed by atoms with Crippen LogP contribution < -0.4 is 15.4 Å². The summed E-state index contributed by atoms with van der Waals surface area (Å²) in [6.45, 7) is 0.877. The lowest BCUT2D eigenvalue weighted by Gasteiger charge is -2.12. The van der Waals surface area contributed by atoms with Crippen LogP contribution in [0, 0.1) is 0 Å². The van der Waals surface area contributed by atoms with Crippen molar-refractivity contribution < 1.29 is 13.7 Å². The molecule has 0 aromatic heterocycles. The molecule has 0 aliphatic carbocycles. The third-order valence-corrected chi connectivity index (χ3v) is 4.14.